The van der Waals surface area contributed by atoms with Gasteiger partial charge in [0.15, 0.2) is 11.5 Å². The Morgan fingerprint density at radius 3 is 2.18 bits per heavy atom. The quantitative estimate of drug-likeness (QED) is 0.335. The van der Waals surface area contributed by atoms with Crippen molar-refractivity contribution in [3.63, 3.8) is 0 Å². The molecule has 0 atom stereocenters. The third-order valence-corrected chi connectivity index (χ3v) is 3.29. The fourth-order valence-corrected chi connectivity index (χ4v) is 1.97. The highest BCUT2D eigenvalue weighted by Crippen LogP contribution is 2.37. The molecule has 0 amide bonds. The summed E-state index contributed by atoms with van der Waals surface area (Å²) in [5.74, 6) is -0.787. The predicted octanol–water partition coefficient (Wildman–Crippen LogP) is 4.73. The molecule has 6 nitrogen and oxygen atoms in total. The van der Waals surface area contributed by atoms with Crippen LogP contribution in [0.2, 0.25) is 0 Å². The number of benzene rings is 1. The lowest BCUT2D eigenvalue weighted by Gasteiger charge is -2.14. The van der Waals surface area contributed by atoms with Crippen LogP contribution in [-0.2, 0) is 17.1 Å². The SMILES string of the molecule is CCOC(=O)c1cc(/C(C)=N\Nc2cc(C(F)(F)F)cc(C(F)(F)F)c2)on1. The molecule has 0 aliphatic rings. The van der Waals surface area contributed by atoms with E-state index in [1.165, 1.54) is 13.0 Å². The van der Waals surface area contributed by atoms with Crippen LogP contribution >= 0.6 is 0 Å². The molecule has 2 aromatic rings. The molecule has 152 valence electrons. The Hall–Kier alpha value is -3.05. The standard InChI is InChI=1S/C16H13F6N3O3/c1-3-27-14(26)12-7-13(28-25-12)8(2)23-24-11-5-9(15(17,18)19)4-10(6-11)16(20,21)22/h4-7,24H,3H2,1-2H3/b23-8-. The Balaban J connectivity index is 2.28. The summed E-state index contributed by atoms with van der Waals surface area (Å²) >= 11 is 0. The monoisotopic (exact) mass is 409 g/mol. The number of nitrogens with zero attached hydrogens (tertiary/aromatic N) is 2. The molecule has 0 saturated carbocycles. The van der Waals surface area contributed by atoms with Gasteiger partial charge in [0, 0.05) is 6.07 Å². The van der Waals surface area contributed by atoms with E-state index >= 15 is 0 Å². The number of ether oxygens (including phenoxy) is 1. The maximum Gasteiger partial charge on any atom is 0.416 e. The van der Waals surface area contributed by atoms with E-state index in [-0.39, 0.29) is 29.8 Å². The molecule has 0 bridgehead atoms. The van der Waals surface area contributed by atoms with Gasteiger partial charge in [0.25, 0.3) is 0 Å². The lowest BCUT2D eigenvalue weighted by atomic mass is 10.1. The fraction of sp³-hybridized carbons (Fsp3) is 0.312. The van der Waals surface area contributed by atoms with Gasteiger partial charge in [0.1, 0.15) is 5.71 Å². The molecule has 0 unspecified atom stereocenters. The molecular formula is C16H13F6N3O3. The molecule has 0 saturated heterocycles. The maximum atomic E-state index is 12.8. The smallest absolute Gasteiger partial charge is 0.416 e. The molecule has 1 heterocycles. The first-order valence-corrected chi connectivity index (χ1v) is 7.65. The van der Waals surface area contributed by atoms with Gasteiger partial charge in [-0.05, 0) is 32.0 Å². The zero-order valence-electron chi connectivity index (χ0n) is 14.4. The van der Waals surface area contributed by atoms with Crippen molar-refractivity contribution in [1.29, 1.82) is 0 Å². The second kappa shape index (κ2) is 7.90. The molecular weight excluding hydrogens is 396 g/mol. The van der Waals surface area contributed by atoms with E-state index in [4.69, 9.17) is 9.26 Å². The normalized spacial score (nSPS) is 12.8. The van der Waals surface area contributed by atoms with E-state index in [1.807, 2.05) is 0 Å². The Labute approximate surface area is 154 Å². The van der Waals surface area contributed by atoms with Crippen molar-refractivity contribution in [1.82, 2.24) is 5.16 Å². The molecule has 0 spiro atoms. The topological polar surface area (TPSA) is 76.7 Å². The van der Waals surface area contributed by atoms with Gasteiger partial charge in [0.2, 0.25) is 0 Å². The van der Waals surface area contributed by atoms with Gasteiger partial charge in [-0.15, -0.1) is 0 Å². The van der Waals surface area contributed by atoms with Crippen molar-refractivity contribution in [3.05, 3.63) is 46.8 Å². The minimum atomic E-state index is -4.98. The molecule has 2 rings (SSSR count). The third-order valence-electron chi connectivity index (χ3n) is 3.29. The highest BCUT2D eigenvalue weighted by atomic mass is 19.4. The van der Waals surface area contributed by atoms with Gasteiger partial charge < -0.3 is 9.26 Å². The Kier molecular flexibility index (Phi) is 6.00. The van der Waals surface area contributed by atoms with Crippen molar-refractivity contribution in [2.75, 3.05) is 12.0 Å². The summed E-state index contributed by atoms with van der Waals surface area (Å²) in [6.07, 6.45) is -9.95. The summed E-state index contributed by atoms with van der Waals surface area (Å²) < 4.78 is 86.6. The number of rotatable bonds is 5. The first kappa shape index (κ1) is 21.3. The van der Waals surface area contributed by atoms with Crippen molar-refractivity contribution in [2.24, 2.45) is 5.10 Å². The Morgan fingerprint density at radius 2 is 1.68 bits per heavy atom. The first-order valence-electron chi connectivity index (χ1n) is 7.65. The molecule has 0 fully saturated rings. The number of anilines is 1. The van der Waals surface area contributed by atoms with Crippen LogP contribution in [0.1, 0.15) is 41.2 Å². The number of halogens is 6. The van der Waals surface area contributed by atoms with Crippen LogP contribution in [0.15, 0.2) is 33.9 Å². The Bertz CT molecular complexity index is 854. The average molecular weight is 409 g/mol. The first-order chi connectivity index (χ1) is 12.9. The maximum absolute atomic E-state index is 12.8. The van der Waals surface area contributed by atoms with Crippen LogP contribution < -0.4 is 5.43 Å². The molecule has 1 aromatic heterocycles. The lowest BCUT2D eigenvalue weighted by molar-refractivity contribution is -0.143. The van der Waals surface area contributed by atoms with Crippen LogP contribution in [0.4, 0.5) is 32.0 Å². The summed E-state index contributed by atoms with van der Waals surface area (Å²) in [4.78, 5) is 11.5. The zero-order chi connectivity index (χ0) is 21.1. The molecule has 1 aromatic carbocycles. The van der Waals surface area contributed by atoms with E-state index in [9.17, 15) is 31.1 Å². The number of hydrogen-bond donors (Lipinski definition) is 1. The largest absolute Gasteiger partial charge is 0.461 e. The van der Waals surface area contributed by atoms with Crippen molar-refractivity contribution >= 4 is 17.4 Å². The second-order valence-corrected chi connectivity index (χ2v) is 5.40. The zero-order valence-corrected chi connectivity index (χ0v) is 14.4. The van der Waals surface area contributed by atoms with Gasteiger partial charge in [-0.1, -0.05) is 5.16 Å². The van der Waals surface area contributed by atoms with Crippen molar-refractivity contribution in [3.8, 4) is 0 Å². The fourth-order valence-electron chi connectivity index (χ4n) is 1.97. The lowest BCUT2D eigenvalue weighted by Crippen LogP contribution is -2.11. The number of carbonyl (C=O) groups excluding carboxylic acids is 1. The number of hydrogen-bond acceptors (Lipinski definition) is 6. The van der Waals surface area contributed by atoms with Crippen LogP contribution in [0.5, 0.6) is 0 Å². The summed E-state index contributed by atoms with van der Waals surface area (Å²) in [5, 5.41) is 7.12. The second-order valence-electron chi connectivity index (χ2n) is 5.40. The summed E-state index contributed by atoms with van der Waals surface area (Å²) in [6, 6.07) is 2.14. The van der Waals surface area contributed by atoms with E-state index in [2.05, 4.69) is 15.7 Å². The highest BCUT2D eigenvalue weighted by molar-refractivity contribution is 5.98. The summed E-state index contributed by atoms with van der Waals surface area (Å²) in [7, 11) is 0. The van der Waals surface area contributed by atoms with Crippen molar-refractivity contribution in [2.45, 2.75) is 26.2 Å². The highest BCUT2D eigenvalue weighted by Gasteiger charge is 2.37. The van der Waals surface area contributed by atoms with Crippen LogP contribution in [0.3, 0.4) is 0 Å². The average Bonchev–Trinajstić information content (AvgIpc) is 3.08. The van der Waals surface area contributed by atoms with Crippen LogP contribution in [-0.4, -0.2) is 23.4 Å². The number of hydrazone groups is 1. The number of nitrogens with one attached hydrogen (secondary N) is 1. The van der Waals surface area contributed by atoms with E-state index in [0.29, 0.717) is 12.1 Å². The van der Waals surface area contributed by atoms with E-state index in [0.717, 1.165) is 0 Å². The minimum Gasteiger partial charge on any atom is -0.461 e. The third kappa shape index (κ3) is 5.24. The number of esters is 1. The van der Waals surface area contributed by atoms with Crippen molar-refractivity contribution < 1.29 is 40.4 Å². The number of carbonyl (C=O) groups is 1. The van der Waals surface area contributed by atoms with E-state index in [1.54, 1.807) is 6.92 Å². The minimum absolute atomic E-state index is 0.00379. The number of aromatic nitrogens is 1. The predicted molar refractivity (Wildman–Crippen MR) is 84.7 cm³/mol. The van der Waals surface area contributed by atoms with Gasteiger partial charge in [-0.3, -0.25) is 5.43 Å². The van der Waals surface area contributed by atoms with Crippen LogP contribution in [0.25, 0.3) is 0 Å². The van der Waals surface area contributed by atoms with Gasteiger partial charge >= 0.3 is 18.3 Å². The number of alkyl halides is 6. The summed E-state index contributed by atoms with van der Waals surface area (Å²) in [6.45, 7) is 3.03. The molecule has 0 radical (unpaired) electrons. The van der Waals surface area contributed by atoms with Gasteiger partial charge in [0.05, 0.1) is 23.4 Å². The summed E-state index contributed by atoms with van der Waals surface area (Å²) in [5.41, 5.74) is -1.53. The molecule has 12 heteroatoms. The Morgan fingerprint density at radius 1 is 1.11 bits per heavy atom. The van der Waals surface area contributed by atoms with Gasteiger partial charge in [-0.25, -0.2) is 4.79 Å². The molecule has 28 heavy (non-hydrogen) atoms. The molecule has 0 aliphatic carbocycles. The van der Waals surface area contributed by atoms with Gasteiger partial charge in [-0.2, -0.15) is 31.4 Å². The molecule has 1 N–H and O–H groups in total. The van der Waals surface area contributed by atoms with Crippen LogP contribution in [0, 0.1) is 0 Å². The van der Waals surface area contributed by atoms with E-state index < -0.39 is 35.1 Å². The molecule has 0 aliphatic heterocycles.